The van der Waals surface area contributed by atoms with E-state index in [-0.39, 0.29) is 57.2 Å². The molecule has 0 amide bonds. The lowest BCUT2D eigenvalue weighted by atomic mass is 10.1. The first-order valence-electron chi connectivity index (χ1n) is 11.3. The maximum Gasteiger partial charge on any atom is 0.296 e. The SMILES string of the molecule is Nc1ccc2cc(S(=O)(=O)O)cc(O)c2c1N=Nc1ccc(Nc2nc(Cl)nc(NCCS(=O)(=O)O)n2)cc1S(=O)(=O)O. The Hall–Kier alpha value is -4.25. The van der Waals surface area contributed by atoms with Crippen LogP contribution in [0.25, 0.3) is 10.8 Å². The average Bonchev–Trinajstić information content (AvgIpc) is 2.86. The number of nitrogens with one attached hydrogen (secondary N) is 2. The van der Waals surface area contributed by atoms with Gasteiger partial charge in [-0.1, -0.05) is 6.07 Å². The summed E-state index contributed by atoms with van der Waals surface area (Å²) in [7, 11) is -13.8. The van der Waals surface area contributed by atoms with Crippen molar-refractivity contribution in [3.8, 4) is 5.75 Å². The van der Waals surface area contributed by atoms with Gasteiger partial charge in [0.2, 0.25) is 17.2 Å². The monoisotopic (exact) mass is 674 g/mol. The van der Waals surface area contributed by atoms with Crippen molar-refractivity contribution in [2.24, 2.45) is 10.2 Å². The summed E-state index contributed by atoms with van der Waals surface area (Å²) in [4.78, 5) is 10.2. The molecule has 0 aliphatic heterocycles. The molecule has 8 N–H and O–H groups in total. The van der Waals surface area contributed by atoms with E-state index in [2.05, 4.69) is 35.8 Å². The molecule has 0 aliphatic carbocycles. The zero-order valence-corrected chi connectivity index (χ0v) is 24.3. The van der Waals surface area contributed by atoms with E-state index < -0.39 is 51.6 Å². The molecule has 3 aromatic carbocycles. The fraction of sp³-hybridized carbons (Fsp3) is 0.0952. The van der Waals surface area contributed by atoms with Gasteiger partial charge in [-0.15, -0.1) is 10.2 Å². The van der Waals surface area contributed by atoms with Gasteiger partial charge in [0.15, 0.2) is 0 Å². The molecule has 18 nitrogen and oxygen atoms in total. The Balaban J connectivity index is 1.69. The summed E-state index contributed by atoms with van der Waals surface area (Å²) in [6.45, 7) is -0.272. The van der Waals surface area contributed by atoms with Gasteiger partial charge in [-0.3, -0.25) is 13.7 Å². The molecular weight excluding hydrogens is 656 g/mol. The van der Waals surface area contributed by atoms with Gasteiger partial charge in [-0.2, -0.15) is 40.2 Å². The molecule has 0 bridgehead atoms. The highest BCUT2D eigenvalue weighted by Gasteiger charge is 2.20. The van der Waals surface area contributed by atoms with E-state index in [1.165, 1.54) is 18.2 Å². The van der Waals surface area contributed by atoms with Gasteiger partial charge in [0, 0.05) is 18.3 Å². The molecule has 4 rings (SSSR count). The number of nitrogen functional groups attached to an aromatic ring is 1. The summed E-state index contributed by atoms with van der Waals surface area (Å²) in [5.41, 5.74) is 5.39. The summed E-state index contributed by atoms with van der Waals surface area (Å²) in [5.74, 6) is -1.66. The maximum absolute atomic E-state index is 12.2. The van der Waals surface area contributed by atoms with E-state index in [0.29, 0.717) is 0 Å². The fourth-order valence-corrected chi connectivity index (χ4v) is 5.27. The number of phenolic OH excluding ortho intramolecular Hbond substituents is 1. The van der Waals surface area contributed by atoms with Gasteiger partial charge in [-0.05, 0) is 47.3 Å². The van der Waals surface area contributed by atoms with E-state index in [1.54, 1.807) is 0 Å². The van der Waals surface area contributed by atoms with Crippen LogP contribution in [0.5, 0.6) is 5.75 Å². The van der Waals surface area contributed by atoms with Crippen LogP contribution in [0.4, 0.5) is 34.6 Å². The van der Waals surface area contributed by atoms with E-state index in [1.807, 2.05) is 0 Å². The Kier molecular flexibility index (Phi) is 8.69. The summed E-state index contributed by atoms with van der Waals surface area (Å²) in [6, 6.07) is 7.88. The van der Waals surface area contributed by atoms with Crippen molar-refractivity contribution in [2.75, 3.05) is 28.7 Å². The third-order valence-electron chi connectivity index (χ3n) is 5.37. The standard InChI is InChI=1S/C21H19ClN8O10S3/c22-19-26-20(24-5-6-41(32,33)34)28-21(27-19)25-11-2-4-14(16(8-11)43(38,39)40)29-30-18-13(23)3-1-10-7-12(42(35,36)37)9-15(31)17(10)18/h1-4,7-9,31H,5-6,23H2,(H,32,33,34)(H,35,36,37)(H,38,39,40)(H2,24,25,26,27,28). The highest BCUT2D eigenvalue weighted by atomic mass is 35.5. The summed E-state index contributed by atoms with van der Waals surface area (Å²) >= 11 is 5.87. The zero-order valence-electron chi connectivity index (χ0n) is 21.1. The first-order valence-corrected chi connectivity index (χ1v) is 16.2. The highest BCUT2D eigenvalue weighted by molar-refractivity contribution is 7.86. The number of fused-ring (bicyclic) bond motifs is 1. The van der Waals surface area contributed by atoms with Gasteiger partial charge >= 0.3 is 0 Å². The molecule has 43 heavy (non-hydrogen) atoms. The molecule has 0 atom stereocenters. The Labute approximate surface area is 247 Å². The van der Waals surface area contributed by atoms with E-state index in [9.17, 15) is 39.5 Å². The molecule has 228 valence electrons. The molecule has 0 saturated heterocycles. The van der Waals surface area contributed by atoms with Crippen molar-refractivity contribution < 1.29 is 44.0 Å². The molecule has 0 fully saturated rings. The third-order valence-corrected chi connectivity index (χ3v) is 7.98. The highest BCUT2D eigenvalue weighted by Crippen LogP contribution is 2.41. The van der Waals surface area contributed by atoms with Crippen molar-refractivity contribution in [3.63, 3.8) is 0 Å². The van der Waals surface area contributed by atoms with Gasteiger partial charge in [0.25, 0.3) is 30.4 Å². The lowest BCUT2D eigenvalue weighted by molar-refractivity contribution is 0.471. The number of aromatic nitrogens is 3. The minimum atomic E-state index is -4.92. The predicted octanol–water partition coefficient (Wildman–Crippen LogP) is 2.92. The Morgan fingerprint density at radius 1 is 0.860 bits per heavy atom. The zero-order chi connectivity index (χ0) is 31.7. The number of anilines is 4. The molecule has 0 spiro atoms. The second kappa shape index (κ2) is 11.8. The van der Waals surface area contributed by atoms with Crippen LogP contribution >= 0.6 is 11.6 Å². The number of hydrogen-bond donors (Lipinski definition) is 7. The molecule has 4 aromatic rings. The van der Waals surface area contributed by atoms with Crippen LogP contribution in [0.2, 0.25) is 5.28 Å². The van der Waals surface area contributed by atoms with Crippen LogP contribution in [-0.4, -0.2) is 71.3 Å². The smallest absolute Gasteiger partial charge is 0.296 e. The molecule has 1 heterocycles. The van der Waals surface area contributed by atoms with E-state index in [0.717, 1.165) is 24.3 Å². The third kappa shape index (κ3) is 7.98. The van der Waals surface area contributed by atoms with Crippen molar-refractivity contribution in [2.45, 2.75) is 9.79 Å². The lowest BCUT2D eigenvalue weighted by Gasteiger charge is -2.10. The Morgan fingerprint density at radius 3 is 2.21 bits per heavy atom. The predicted molar refractivity (Wildman–Crippen MR) is 153 cm³/mol. The van der Waals surface area contributed by atoms with Crippen molar-refractivity contribution in [1.29, 1.82) is 0 Å². The lowest BCUT2D eigenvalue weighted by Crippen LogP contribution is -2.16. The molecule has 0 saturated carbocycles. The number of hydrogen-bond acceptors (Lipinski definition) is 15. The number of halogens is 1. The van der Waals surface area contributed by atoms with Crippen LogP contribution in [0.3, 0.4) is 0 Å². The Bertz CT molecular complexity index is 2110. The minimum Gasteiger partial charge on any atom is -0.507 e. The minimum absolute atomic E-state index is 0.0118. The van der Waals surface area contributed by atoms with Gasteiger partial charge in [-0.25, -0.2) is 0 Å². The fourth-order valence-electron chi connectivity index (χ4n) is 3.56. The maximum atomic E-state index is 12.2. The average molecular weight is 675 g/mol. The second-order valence-electron chi connectivity index (χ2n) is 8.47. The summed E-state index contributed by atoms with van der Waals surface area (Å²) in [5, 5.41) is 23.1. The largest absolute Gasteiger partial charge is 0.507 e. The number of rotatable bonds is 10. The summed E-state index contributed by atoms with van der Waals surface area (Å²) < 4.78 is 97.2. The number of benzene rings is 3. The van der Waals surface area contributed by atoms with Crippen LogP contribution < -0.4 is 16.4 Å². The quantitative estimate of drug-likeness (QED) is 0.0722. The van der Waals surface area contributed by atoms with Gasteiger partial charge in [0.05, 0.1) is 21.7 Å². The molecule has 1 aromatic heterocycles. The second-order valence-corrected chi connectivity index (χ2v) is 13.2. The first kappa shape index (κ1) is 31.7. The summed E-state index contributed by atoms with van der Waals surface area (Å²) in [6.07, 6.45) is 0. The number of nitrogens with two attached hydrogens (primary N) is 1. The van der Waals surface area contributed by atoms with E-state index in [4.69, 9.17) is 21.9 Å². The van der Waals surface area contributed by atoms with E-state index >= 15 is 0 Å². The van der Waals surface area contributed by atoms with Crippen LogP contribution in [0, 0.1) is 0 Å². The normalized spacial score (nSPS) is 12.6. The van der Waals surface area contributed by atoms with Crippen molar-refractivity contribution in [1.82, 2.24) is 15.0 Å². The molecule has 0 radical (unpaired) electrons. The molecule has 0 unspecified atom stereocenters. The Morgan fingerprint density at radius 2 is 1.56 bits per heavy atom. The molecule has 0 aliphatic rings. The number of aromatic hydroxyl groups is 1. The number of azo groups is 1. The van der Waals surface area contributed by atoms with Crippen molar-refractivity contribution in [3.05, 3.63) is 47.7 Å². The number of nitrogens with zero attached hydrogens (tertiary/aromatic N) is 5. The van der Waals surface area contributed by atoms with Crippen molar-refractivity contribution >= 4 is 87.4 Å². The number of phenols is 1. The van der Waals surface area contributed by atoms with Gasteiger partial charge < -0.3 is 21.5 Å². The van der Waals surface area contributed by atoms with Crippen LogP contribution in [0.1, 0.15) is 0 Å². The topological polar surface area (TPSA) is 297 Å². The molecular formula is C21H19ClN8O10S3. The molecule has 22 heteroatoms. The van der Waals surface area contributed by atoms with Crippen LogP contribution in [0.15, 0.2) is 62.5 Å². The first-order chi connectivity index (χ1) is 19.9. The van der Waals surface area contributed by atoms with Crippen LogP contribution in [-0.2, 0) is 30.4 Å². The van der Waals surface area contributed by atoms with Gasteiger partial charge in [0.1, 0.15) is 22.0 Å².